The quantitative estimate of drug-likeness (QED) is 0.550. The molecule has 1 aromatic carbocycles. The van der Waals surface area contributed by atoms with Crippen molar-refractivity contribution in [3.8, 4) is 5.88 Å². The Hall–Kier alpha value is -2.21. The van der Waals surface area contributed by atoms with E-state index in [1.165, 1.54) is 17.7 Å². The second-order valence-corrected chi connectivity index (χ2v) is 7.90. The van der Waals surface area contributed by atoms with E-state index in [1.54, 1.807) is 13.3 Å². The van der Waals surface area contributed by atoms with Crippen molar-refractivity contribution in [2.24, 2.45) is 4.99 Å². The van der Waals surface area contributed by atoms with Crippen molar-refractivity contribution < 1.29 is 4.74 Å². The van der Waals surface area contributed by atoms with Gasteiger partial charge in [-0.05, 0) is 37.5 Å². The smallest absolute Gasteiger partial charge is 0.212 e. The first-order chi connectivity index (χ1) is 12.7. The third-order valence-corrected chi connectivity index (χ3v) is 5.73. The highest BCUT2D eigenvalue weighted by Crippen LogP contribution is 2.51. The molecule has 6 heteroatoms. The fourth-order valence-corrected chi connectivity index (χ4v) is 3.82. The van der Waals surface area contributed by atoms with Crippen molar-refractivity contribution in [1.29, 1.82) is 0 Å². The zero-order chi connectivity index (χ0) is 18.2. The Morgan fingerprint density at radius 3 is 2.62 bits per heavy atom. The minimum Gasteiger partial charge on any atom is -0.481 e. The highest BCUT2D eigenvalue weighted by molar-refractivity contribution is 8.01. The number of thioether (sulfide) groups is 1. The summed E-state index contributed by atoms with van der Waals surface area (Å²) in [5, 5.41) is 6.83. The van der Waals surface area contributed by atoms with Gasteiger partial charge in [0.2, 0.25) is 5.88 Å². The van der Waals surface area contributed by atoms with E-state index in [2.05, 4.69) is 57.9 Å². The lowest BCUT2D eigenvalue weighted by Gasteiger charge is -2.18. The number of hydrogen-bond donors (Lipinski definition) is 2. The van der Waals surface area contributed by atoms with E-state index in [0.717, 1.165) is 24.6 Å². The average molecular weight is 371 g/mol. The number of benzene rings is 1. The van der Waals surface area contributed by atoms with Crippen LogP contribution in [-0.2, 0) is 6.54 Å². The number of nitrogens with zero attached hydrogens (tertiary/aromatic N) is 2. The van der Waals surface area contributed by atoms with Crippen LogP contribution in [0.4, 0.5) is 0 Å². The second kappa shape index (κ2) is 8.94. The number of hydrogen-bond acceptors (Lipinski definition) is 4. The van der Waals surface area contributed by atoms with Gasteiger partial charge < -0.3 is 15.4 Å². The van der Waals surface area contributed by atoms with E-state index in [4.69, 9.17) is 4.74 Å². The number of aliphatic imine (C=N–C) groups is 1. The van der Waals surface area contributed by atoms with Gasteiger partial charge in [0.15, 0.2) is 5.96 Å². The minimum absolute atomic E-state index is 0.291. The highest BCUT2D eigenvalue weighted by Gasteiger charge is 2.43. The maximum atomic E-state index is 5.09. The lowest BCUT2D eigenvalue weighted by atomic mass is 10.3. The van der Waals surface area contributed by atoms with E-state index in [0.29, 0.717) is 17.2 Å². The van der Waals surface area contributed by atoms with Crippen LogP contribution in [0.2, 0.25) is 0 Å². The van der Waals surface area contributed by atoms with Crippen LogP contribution in [0.3, 0.4) is 0 Å². The predicted molar refractivity (Wildman–Crippen MR) is 108 cm³/mol. The fourth-order valence-electron chi connectivity index (χ4n) is 2.57. The molecule has 0 radical (unpaired) electrons. The van der Waals surface area contributed by atoms with Gasteiger partial charge in [0.25, 0.3) is 0 Å². The maximum Gasteiger partial charge on any atom is 0.212 e. The van der Waals surface area contributed by atoms with Gasteiger partial charge in [0.05, 0.1) is 13.7 Å². The Bertz CT molecular complexity index is 714. The number of rotatable bonds is 8. The summed E-state index contributed by atoms with van der Waals surface area (Å²) in [6, 6.07) is 14.5. The van der Waals surface area contributed by atoms with Crippen molar-refractivity contribution in [2.45, 2.75) is 36.0 Å². The molecular weight excluding hydrogens is 344 g/mol. The summed E-state index contributed by atoms with van der Waals surface area (Å²) in [6.07, 6.45) is 4.28. The first kappa shape index (κ1) is 18.6. The predicted octanol–water partition coefficient (Wildman–Crippen LogP) is 3.47. The largest absolute Gasteiger partial charge is 0.481 e. The normalized spacial score (nSPS) is 15.4. The Balaban J connectivity index is 1.55. The molecule has 0 saturated heterocycles. The maximum absolute atomic E-state index is 5.09. The van der Waals surface area contributed by atoms with Gasteiger partial charge in [-0.15, -0.1) is 11.8 Å². The lowest BCUT2D eigenvalue weighted by molar-refractivity contribution is 0.397. The van der Waals surface area contributed by atoms with Gasteiger partial charge in [-0.25, -0.2) is 9.98 Å². The first-order valence-electron chi connectivity index (χ1n) is 8.98. The molecule has 2 N–H and O–H groups in total. The molecule has 0 amide bonds. The summed E-state index contributed by atoms with van der Waals surface area (Å²) >= 11 is 1.97. The summed E-state index contributed by atoms with van der Waals surface area (Å²) in [6.45, 7) is 4.42. The summed E-state index contributed by atoms with van der Waals surface area (Å²) in [5.41, 5.74) is 1.06. The molecule has 0 bridgehead atoms. The summed E-state index contributed by atoms with van der Waals surface area (Å²) in [7, 11) is 1.62. The van der Waals surface area contributed by atoms with Crippen LogP contribution in [0.5, 0.6) is 5.88 Å². The van der Waals surface area contributed by atoms with Crippen LogP contribution < -0.4 is 15.4 Å². The van der Waals surface area contributed by atoms with E-state index in [-0.39, 0.29) is 0 Å². The van der Waals surface area contributed by atoms with E-state index in [9.17, 15) is 0 Å². The van der Waals surface area contributed by atoms with E-state index in [1.807, 2.05) is 23.9 Å². The topological polar surface area (TPSA) is 58.5 Å². The molecule has 1 aliphatic rings. The third kappa shape index (κ3) is 5.39. The van der Waals surface area contributed by atoms with Crippen LogP contribution in [0, 0.1) is 0 Å². The summed E-state index contributed by atoms with van der Waals surface area (Å²) in [5.74, 6) is 1.47. The molecule has 0 spiro atoms. The van der Waals surface area contributed by atoms with Gasteiger partial charge in [-0.3, -0.25) is 0 Å². The number of aromatic nitrogens is 1. The van der Waals surface area contributed by atoms with Gasteiger partial charge in [-0.2, -0.15) is 0 Å². The lowest BCUT2D eigenvalue weighted by Crippen LogP contribution is -2.41. The molecule has 1 heterocycles. The van der Waals surface area contributed by atoms with Crippen molar-refractivity contribution in [3.05, 3.63) is 54.2 Å². The van der Waals surface area contributed by atoms with Crippen LogP contribution >= 0.6 is 11.8 Å². The number of pyridine rings is 1. The molecule has 1 aromatic heterocycles. The Kier molecular flexibility index (Phi) is 6.39. The van der Waals surface area contributed by atoms with Gasteiger partial charge >= 0.3 is 0 Å². The van der Waals surface area contributed by atoms with Crippen LogP contribution in [0.25, 0.3) is 0 Å². The molecule has 3 rings (SSSR count). The molecule has 1 saturated carbocycles. The zero-order valence-corrected chi connectivity index (χ0v) is 16.2. The Morgan fingerprint density at radius 1 is 1.19 bits per heavy atom. The number of guanidine groups is 1. The number of nitrogens with one attached hydrogen (secondary N) is 2. The zero-order valence-electron chi connectivity index (χ0n) is 15.4. The van der Waals surface area contributed by atoms with Crippen molar-refractivity contribution in [3.63, 3.8) is 0 Å². The molecule has 0 aliphatic heterocycles. The van der Waals surface area contributed by atoms with Gasteiger partial charge in [0, 0.05) is 35.0 Å². The van der Waals surface area contributed by atoms with Crippen LogP contribution in [0.15, 0.2) is 58.5 Å². The molecular formula is C20H26N4OS. The molecule has 1 fully saturated rings. The van der Waals surface area contributed by atoms with Gasteiger partial charge in [-0.1, -0.05) is 24.3 Å². The SMILES string of the molecule is CCNC(=NCc1ccc(OC)nc1)NCC1(Sc2ccccc2)CC1. The minimum atomic E-state index is 0.291. The molecule has 0 atom stereocenters. The molecule has 2 aromatic rings. The van der Waals surface area contributed by atoms with Gasteiger partial charge in [0.1, 0.15) is 0 Å². The fraction of sp³-hybridized carbons (Fsp3) is 0.400. The first-order valence-corrected chi connectivity index (χ1v) is 9.80. The molecule has 5 nitrogen and oxygen atoms in total. The van der Waals surface area contributed by atoms with Crippen LogP contribution in [0.1, 0.15) is 25.3 Å². The average Bonchev–Trinajstić information content (AvgIpc) is 3.45. The molecule has 1 aliphatic carbocycles. The number of ether oxygens (including phenoxy) is 1. The molecule has 138 valence electrons. The summed E-state index contributed by atoms with van der Waals surface area (Å²) in [4.78, 5) is 10.2. The Morgan fingerprint density at radius 2 is 2.00 bits per heavy atom. The van der Waals surface area contributed by atoms with Crippen molar-refractivity contribution in [2.75, 3.05) is 20.2 Å². The Labute approximate surface area is 159 Å². The van der Waals surface area contributed by atoms with Crippen molar-refractivity contribution >= 4 is 17.7 Å². The third-order valence-electron chi connectivity index (χ3n) is 4.23. The number of methoxy groups -OCH3 is 1. The highest BCUT2D eigenvalue weighted by atomic mass is 32.2. The molecule has 26 heavy (non-hydrogen) atoms. The van der Waals surface area contributed by atoms with Crippen LogP contribution in [-0.4, -0.2) is 35.9 Å². The van der Waals surface area contributed by atoms with E-state index >= 15 is 0 Å². The standard InChI is InChI=1S/C20H26N4OS/c1-3-21-19(23-14-16-9-10-18(25-2)22-13-16)24-15-20(11-12-20)26-17-7-5-4-6-8-17/h4-10,13H,3,11-12,14-15H2,1-2H3,(H2,21,23,24). The second-order valence-electron chi connectivity index (χ2n) is 6.36. The summed E-state index contributed by atoms with van der Waals surface area (Å²) < 4.78 is 5.38. The molecule has 0 unspecified atom stereocenters. The monoisotopic (exact) mass is 370 g/mol. The van der Waals surface area contributed by atoms with E-state index < -0.39 is 0 Å². The van der Waals surface area contributed by atoms with Crippen molar-refractivity contribution in [1.82, 2.24) is 15.6 Å².